The second kappa shape index (κ2) is 10.1. The van der Waals surface area contributed by atoms with Gasteiger partial charge in [0.05, 0.1) is 34.6 Å². The van der Waals surface area contributed by atoms with E-state index in [1.54, 1.807) is 37.1 Å². The number of hydrogen-bond acceptors (Lipinski definition) is 5. The molecule has 1 aromatic carbocycles. The van der Waals surface area contributed by atoms with E-state index >= 15 is 0 Å². The number of ether oxygens (including phenoxy) is 1. The molecule has 1 aliphatic rings. The van der Waals surface area contributed by atoms with E-state index in [2.05, 4.69) is 15.3 Å². The highest BCUT2D eigenvalue weighted by Gasteiger charge is 2.26. The van der Waals surface area contributed by atoms with Gasteiger partial charge in [0.15, 0.2) is 5.65 Å². The van der Waals surface area contributed by atoms with Crippen molar-refractivity contribution in [2.75, 3.05) is 7.11 Å². The number of halogens is 1. The Morgan fingerprint density at radius 3 is 2.61 bits per heavy atom. The highest BCUT2D eigenvalue weighted by atomic mass is 35.5. The number of benzene rings is 1. The van der Waals surface area contributed by atoms with Gasteiger partial charge in [-0.15, -0.1) is 0 Å². The summed E-state index contributed by atoms with van der Waals surface area (Å²) in [4.78, 5) is 35.0. The van der Waals surface area contributed by atoms with Crippen LogP contribution < -0.4 is 15.7 Å². The highest BCUT2D eigenvalue weighted by molar-refractivity contribution is 6.30. The lowest BCUT2D eigenvalue weighted by Gasteiger charge is -2.29. The van der Waals surface area contributed by atoms with Crippen LogP contribution in [0.2, 0.25) is 5.02 Å². The molecular formula is C27H28ClN5O3. The number of methoxy groups -OCH3 is 1. The van der Waals surface area contributed by atoms with E-state index in [1.165, 1.54) is 0 Å². The topological polar surface area (TPSA) is 91.0 Å². The van der Waals surface area contributed by atoms with Gasteiger partial charge in [0.1, 0.15) is 5.75 Å². The number of hydrogen-bond donors (Lipinski definition) is 1. The predicted octanol–water partition coefficient (Wildman–Crippen LogP) is 4.54. The van der Waals surface area contributed by atoms with Gasteiger partial charge in [-0.25, -0.2) is 14.3 Å². The lowest BCUT2D eigenvalue weighted by molar-refractivity contribution is 0.0919. The number of pyridine rings is 2. The molecular weight excluding hydrogens is 478 g/mol. The van der Waals surface area contributed by atoms with Crippen LogP contribution in [0.3, 0.4) is 0 Å². The number of amides is 1. The van der Waals surface area contributed by atoms with Gasteiger partial charge in [0.2, 0.25) is 0 Å². The molecule has 0 radical (unpaired) electrons. The molecule has 3 heterocycles. The zero-order valence-corrected chi connectivity index (χ0v) is 21.0. The molecule has 0 aliphatic heterocycles. The molecule has 1 N–H and O–H groups in total. The molecule has 1 aliphatic carbocycles. The number of carbonyl (C=O) groups is 1. The molecule has 0 spiro atoms. The highest BCUT2D eigenvalue weighted by Crippen LogP contribution is 2.27. The Hall–Kier alpha value is -3.65. The normalized spacial score (nSPS) is 17.8. The molecule has 9 heteroatoms. The van der Waals surface area contributed by atoms with Gasteiger partial charge in [-0.1, -0.05) is 11.6 Å². The second-order valence-electron chi connectivity index (χ2n) is 9.25. The van der Waals surface area contributed by atoms with Crippen molar-refractivity contribution < 1.29 is 9.53 Å². The van der Waals surface area contributed by atoms with Crippen molar-refractivity contribution in [1.29, 1.82) is 0 Å². The number of nitrogens with zero attached hydrogens (tertiary/aromatic N) is 4. The van der Waals surface area contributed by atoms with Crippen LogP contribution in [-0.2, 0) is 6.54 Å². The summed E-state index contributed by atoms with van der Waals surface area (Å²) in [5, 5.41) is 3.58. The van der Waals surface area contributed by atoms with Crippen LogP contribution in [0.1, 0.15) is 41.7 Å². The maximum atomic E-state index is 13.5. The summed E-state index contributed by atoms with van der Waals surface area (Å²) in [5.74, 6) is 0.922. The van der Waals surface area contributed by atoms with Crippen LogP contribution in [-0.4, -0.2) is 38.2 Å². The van der Waals surface area contributed by atoms with E-state index < -0.39 is 0 Å². The van der Waals surface area contributed by atoms with Crippen molar-refractivity contribution in [3.63, 3.8) is 0 Å². The minimum Gasteiger partial charge on any atom is -0.497 e. The van der Waals surface area contributed by atoms with Gasteiger partial charge in [-0.05, 0) is 81.0 Å². The van der Waals surface area contributed by atoms with Crippen molar-refractivity contribution >= 4 is 28.7 Å². The monoisotopic (exact) mass is 505 g/mol. The zero-order valence-electron chi connectivity index (χ0n) is 20.3. The number of rotatable bonds is 6. The van der Waals surface area contributed by atoms with E-state index in [0.29, 0.717) is 34.4 Å². The van der Waals surface area contributed by atoms with E-state index in [-0.39, 0.29) is 17.6 Å². The van der Waals surface area contributed by atoms with Crippen molar-refractivity contribution in [1.82, 2.24) is 24.4 Å². The lowest BCUT2D eigenvalue weighted by Crippen LogP contribution is -2.39. The van der Waals surface area contributed by atoms with Crippen LogP contribution in [0.25, 0.3) is 16.9 Å². The second-order valence-corrected chi connectivity index (χ2v) is 9.69. The number of fused-ring (bicyclic) bond motifs is 1. The van der Waals surface area contributed by atoms with E-state index in [9.17, 15) is 9.59 Å². The van der Waals surface area contributed by atoms with Crippen LogP contribution in [0.4, 0.5) is 0 Å². The van der Waals surface area contributed by atoms with Gasteiger partial charge in [0, 0.05) is 25.0 Å². The van der Waals surface area contributed by atoms with Crippen molar-refractivity contribution in [2.45, 2.75) is 45.2 Å². The molecule has 5 rings (SSSR count). The third-order valence-electron chi connectivity index (χ3n) is 6.94. The number of aryl methyl sites for hydroxylation is 1. The number of aromatic nitrogens is 4. The van der Waals surface area contributed by atoms with Gasteiger partial charge in [0.25, 0.3) is 5.91 Å². The van der Waals surface area contributed by atoms with E-state index in [4.69, 9.17) is 16.3 Å². The summed E-state index contributed by atoms with van der Waals surface area (Å²) in [6.45, 7) is 2.42. The molecule has 8 nitrogen and oxygen atoms in total. The molecule has 0 saturated heterocycles. The van der Waals surface area contributed by atoms with Crippen LogP contribution in [0, 0.1) is 12.8 Å². The van der Waals surface area contributed by atoms with Crippen LogP contribution in [0.15, 0.2) is 59.7 Å². The average Bonchev–Trinajstić information content (AvgIpc) is 3.17. The maximum Gasteiger partial charge on any atom is 0.334 e. The van der Waals surface area contributed by atoms with E-state index in [0.717, 1.165) is 42.6 Å². The zero-order chi connectivity index (χ0) is 25.2. The fourth-order valence-corrected chi connectivity index (χ4v) is 5.13. The third-order valence-corrected chi connectivity index (χ3v) is 7.15. The van der Waals surface area contributed by atoms with Gasteiger partial charge in [-0.2, -0.15) is 0 Å². The molecule has 0 atom stereocenters. The largest absolute Gasteiger partial charge is 0.497 e. The molecule has 1 saturated carbocycles. The Morgan fingerprint density at radius 2 is 1.89 bits per heavy atom. The summed E-state index contributed by atoms with van der Waals surface area (Å²) in [6, 6.07) is 12.9. The smallest absolute Gasteiger partial charge is 0.334 e. The number of carbonyl (C=O) groups excluding carboxylic acids is 1. The molecule has 1 fully saturated rings. The Morgan fingerprint density at radius 1 is 1.14 bits per heavy atom. The lowest BCUT2D eigenvalue weighted by atomic mass is 9.85. The quantitative estimate of drug-likeness (QED) is 0.415. The molecule has 0 unspecified atom stereocenters. The first kappa shape index (κ1) is 24.1. The minimum atomic E-state index is -0.143. The summed E-state index contributed by atoms with van der Waals surface area (Å²) >= 11 is 6.03. The fraction of sp³-hybridized carbons (Fsp3) is 0.333. The summed E-state index contributed by atoms with van der Waals surface area (Å²) in [5.41, 5.74) is 3.27. The molecule has 4 aromatic rings. The fourth-order valence-electron chi connectivity index (χ4n) is 4.97. The molecule has 36 heavy (non-hydrogen) atoms. The molecule has 0 bridgehead atoms. The number of nitrogens with one attached hydrogen (secondary N) is 1. The molecule has 3 aromatic heterocycles. The summed E-state index contributed by atoms with van der Waals surface area (Å²) in [7, 11) is 1.62. The Labute approximate surface area is 213 Å². The average molecular weight is 506 g/mol. The van der Waals surface area contributed by atoms with Crippen LogP contribution >= 0.6 is 11.6 Å². The Balaban J connectivity index is 1.30. The van der Waals surface area contributed by atoms with E-state index in [1.807, 2.05) is 41.0 Å². The predicted molar refractivity (Wildman–Crippen MR) is 139 cm³/mol. The SMILES string of the molecule is COc1ccc(-n2c(=O)n(CC3CCC(NC(=O)c4cc(Cl)cnc4C)CC3)c3cccnc32)cc1. The maximum absolute atomic E-state index is 13.5. The van der Waals surface area contributed by atoms with Crippen molar-refractivity contribution in [2.24, 2.45) is 5.92 Å². The molecule has 1 amide bonds. The van der Waals surface area contributed by atoms with Crippen molar-refractivity contribution in [3.05, 3.63) is 81.6 Å². The minimum absolute atomic E-state index is 0.0890. The first-order valence-electron chi connectivity index (χ1n) is 12.1. The number of imidazole rings is 1. The van der Waals surface area contributed by atoms with Crippen LogP contribution in [0.5, 0.6) is 5.75 Å². The van der Waals surface area contributed by atoms with Crippen molar-refractivity contribution in [3.8, 4) is 11.4 Å². The van der Waals surface area contributed by atoms with Gasteiger partial charge >= 0.3 is 5.69 Å². The Bertz CT molecular complexity index is 1450. The Kier molecular flexibility index (Phi) is 6.78. The summed E-state index contributed by atoms with van der Waals surface area (Å²) in [6.07, 6.45) is 6.79. The van der Waals surface area contributed by atoms with Gasteiger partial charge < -0.3 is 10.1 Å². The third kappa shape index (κ3) is 4.73. The first-order chi connectivity index (χ1) is 17.4. The molecule has 186 valence electrons. The standard InChI is InChI=1S/C27H28ClN5O3/c1-17-23(14-19(28)15-30-17)26(34)31-20-7-5-18(6-8-20)16-32-24-4-3-13-29-25(24)33(27(32)35)21-9-11-22(36-2)12-10-21/h3-4,9-15,18,20H,5-8,16H2,1-2H3,(H,31,34). The first-order valence-corrected chi connectivity index (χ1v) is 12.5. The summed E-state index contributed by atoms with van der Waals surface area (Å²) < 4.78 is 8.74. The van der Waals surface area contributed by atoms with Gasteiger partial charge in [-0.3, -0.25) is 14.3 Å².